The van der Waals surface area contributed by atoms with Crippen LogP contribution in [0.3, 0.4) is 0 Å². The van der Waals surface area contributed by atoms with Crippen molar-refractivity contribution in [1.29, 1.82) is 0 Å². The lowest BCUT2D eigenvalue weighted by Gasteiger charge is -2.21. The molecule has 0 spiro atoms. The quantitative estimate of drug-likeness (QED) is 0.734. The van der Waals surface area contributed by atoms with E-state index in [0.717, 1.165) is 0 Å². The van der Waals surface area contributed by atoms with E-state index in [0.29, 0.717) is 5.69 Å². The second-order valence-corrected chi connectivity index (χ2v) is 5.52. The molecule has 1 aliphatic heterocycles. The van der Waals surface area contributed by atoms with Gasteiger partial charge in [0.2, 0.25) is 5.96 Å². The number of guanidine groups is 1. The van der Waals surface area contributed by atoms with Gasteiger partial charge in [0.05, 0.1) is 5.69 Å². The van der Waals surface area contributed by atoms with E-state index in [1.54, 1.807) is 0 Å². The number of fused-ring (bicyclic) bond motifs is 1. The molecule has 9 heteroatoms. The van der Waals surface area contributed by atoms with Crippen LogP contribution >= 0.6 is 11.6 Å². The SMILES string of the molecule is O=C(O)CN=C1Nc2ccc(Cl)cc2S(=O)(=O)N1. The number of sulfonamides is 1. The lowest BCUT2D eigenvalue weighted by molar-refractivity contribution is -0.135. The largest absolute Gasteiger partial charge is 0.480 e. The van der Waals surface area contributed by atoms with Crippen molar-refractivity contribution in [3.05, 3.63) is 23.2 Å². The summed E-state index contributed by atoms with van der Waals surface area (Å²) in [4.78, 5) is 13.9. The lowest BCUT2D eigenvalue weighted by Crippen LogP contribution is -2.41. The molecule has 1 aromatic carbocycles. The number of halogens is 1. The van der Waals surface area contributed by atoms with Gasteiger partial charge in [-0.25, -0.2) is 18.1 Å². The average molecular weight is 290 g/mol. The Morgan fingerprint density at radius 2 is 2.17 bits per heavy atom. The number of aliphatic imine (C=N–C) groups is 1. The minimum atomic E-state index is -3.78. The summed E-state index contributed by atoms with van der Waals surface area (Å²) in [6.07, 6.45) is 0. The van der Waals surface area contributed by atoms with Gasteiger partial charge in [-0.1, -0.05) is 11.6 Å². The molecule has 1 aliphatic rings. The highest BCUT2D eigenvalue weighted by atomic mass is 35.5. The van der Waals surface area contributed by atoms with Crippen molar-refractivity contribution in [2.45, 2.75) is 4.90 Å². The number of carboxylic acids is 1. The van der Waals surface area contributed by atoms with E-state index < -0.39 is 22.5 Å². The summed E-state index contributed by atoms with van der Waals surface area (Å²) in [5.74, 6) is -1.29. The van der Waals surface area contributed by atoms with Crippen molar-refractivity contribution in [2.75, 3.05) is 11.9 Å². The molecule has 7 nitrogen and oxygen atoms in total. The number of hydrogen-bond acceptors (Lipinski definition) is 4. The molecule has 96 valence electrons. The van der Waals surface area contributed by atoms with Crippen LogP contribution in [0.4, 0.5) is 5.69 Å². The number of aliphatic carboxylic acids is 1. The van der Waals surface area contributed by atoms with E-state index in [2.05, 4.69) is 15.0 Å². The molecule has 1 aromatic rings. The van der Waals surface area contributed by atoms with Crippen molar-refractivity contribution >= 4 is 39.2 Å². The third kappa shape index (κ3) is 2.54. The molecule has 0 atom stereocenters. The maximum absolute atomic E-state index is 11.8. The number of nitrogens with one attached hydrogen (secondary N) is 2. The number of benzene rings is 1. The fourth-order valence-electron chi connectivity index (χ4n) is 1.38. The topological polar surface area (TPSA) is 108 Å². The number of carboxylic acid groups (broad SMARTS) is 1. The Labute approximate surface area is 108 Å². The molecule has 3 N–H and O–H groups in total. The van der Waals surface area contributed by atoms with Gasteiger partial charge < -0.3 is 10.4 Å². The molecule has 0 amide bonds. The number of rotatable bonds is 2. The molecule has 0 aromatic heterocycles. The van der Waals surface area contributed by atoms with E-state index in [4.69, 9.17) is 16.7 Å². The second-order valence-electron chi connectivity index (χ2n) is 3.43. The van der Waals surface area contributed by atoms with Crippen LogP contribution in [0.2, 0.25) is 5.02 Å². The highest BCUT2D eigenvalue weighted by Gasteiger charge is 2.26. The maximum Gasteiger partial charge on any atom is 0.325 e. The summed E-state index contributed by atoms with van der Waals surface area (Å²) in [6.45, 7) is -0.534. The van der Waals surface area contributed by atoms with E-state index >= 15 is 0 Å². The van der Waals surface area contributed by atoms with E-state index in [9.17, 15) is 13.2 Å². The summed E-state index contributed by atoms with van der Waals surface area (Å²) in [5, 5.41) is 11.4. The number of anilines is 1. The Hall–Kier alpha value is -1.80. The Morgan fingerprint density at radius 3 is 2.83 bits per heavy atom. The molecule has 0 saturated heterocycles. The van der Waals surface area contributed by atoms with Gasteiger partial charge in [0.25, 0.3) is 10.0 Å². The van der Waals surface area contributed by atoms with Crippen LogP contribution in [0.1, 0.15) is 0 Å². The van der Waals surface area contributed by atoms with Crippen molar-refractivity contribution < 1.29 is 18.3 Å². The van der Waals surface area contributed by atoms with Gasteiger partial charge in [-0.2, -0.15) is 0 Å². The summed E-state index contributed by atoms with van der Waals surface area (Å²) < 4.78 is 25.8. The molecule has 0 saturated carbocycles. The third-order valence-corrected chi connectivity index (χ3v) is 3.70. The van der Waals surface area contributed by atoms with Gasteiger partial charge >= 0.3 is 5.97 Å². The average Bonchev–Trinajstić information content (AvgIpc) is 2.27. The first-order chi connectivity index (χ1) is 8.38. The molecule has 0 bridgehead atoms. The molecule has 0 aliphatic carbocycles. The molecular formula is C9H8ClN3O4S. The molecule has 0 fully saturated rings. The smallest absolute Gasteiger partial charge is 0.325 e. The van der Waals surface area contributed by atoms with Gasteiger partial charge in [-0.05, 0) is 18.2 Å². The number of nitrogens with zero attached hydrogens (tertiary/aromatic N) is 1. The minimum Gasteiger partial charge on any atom is -0.480 e. The summed E-state index contributed by atoms with van der Waals surface area (Å²) in [7, 11) is -3.78. The summed E-state index contributed by atoms with van der Waals surface area (Å²) >= 11 is 5.72. The van der Waals surface area contributed by atoms with Gasteiger partial charge in [0.15, 0.2) is 0 Å². The third-order valence-electron chi connectivity index (χ3n) is 2.09. The van der Waals surface area contributed by atoms with Gasteiger partial charge in [0, 0.05) is 5.02 Å². The standard InChI is InChI=1S/C9H8ClN3O4S/c10-5-1-2-6-7(3-5)18(16,17)13-9(12-6)11-4-8(14)15/h1-3H,4H2,(H,14,15)(H2,11,12,13). The summed E-state index contributed by atoms with van der Waals surface area (Å²) in [5.41, 5.74) is 0.294. The van der Waals surface area contributed by atoms with Crippen LogP contribution in [0.25, 0.3) is 0 Å². The normalized spacial score (nSPS) is 18.6. The fourth-order valence-corrected chi connectivity index (χ4v) is 2.78. The Kier molecular flexibility index (Phi) is 3.14. The van der Waals surface area contributed by atoms with Crippen LogP contribution in [0, 0.1) is 0 Å². The van der Waals surface area contributed by atoms with Crippen LogP contribution in [0.5, 0.6) is 0 Å². The predicted molar refractivity (Wildman–Crippen MR) is 65.3 cm³/mol. The minimum absolute atomic E-state index is 0.00993. The zero-order chi connectivity index (χ0) is 13.3. The van der Waals surface area contributed by atoms with Crippen LogP contribution in [-0.4, -0.2) is 32.0 Å². The molecule has 18 heavy (non-hydrogen) atoms. The zero-order valence-corrected chi connectivity index (χ0v) is 10.4. The van der Waals surface area contributed by atoms with E-state index in [1.807, 2.05) is 0 Å². The number of carbonyl (C=O) groups is 1. The van der Waals surface area contributed by atoms with Crippen LogP contribution < -0.4 is 10.0 Å². The van der Waals surface area contributed by atoms with Crippen molar-refractivity contribution in [1.82, 2.24) is 4.72 Å². The van der Waals surface area contributed by atoms with Crippen LogP contribution in [-0.2, 0) is 14.8 Å². The predicted octanol–water partition coefficient (Wildman–Crippen LogP) is 0.484. The van der Waals surface area contributed by atoms with Crippen LogP contribution in [0.15, 0.2) is 28.1 Å². The first-order valence-electron chi connectivity index (χ1n) is 4.74. The molecular weight excluding hydrogens is 282 g/mol. The van der Waals surface area contributed by atoms with E-state index in [1.165, 1.54) is 18.2 Å². The van der Waals surface area contributed by atoms with Gasteiger partial charge in [-0.3, -0.25) is 4.79 Å². The van der Waals surface area contributed by atoms with Gasteiger partial charge in [-0.15, -0.1) is 0 Å². The Bertz CT molecular complexity index is 641. The first-order valence-corrected chi connectivity index (χ1v) is 6.60. The van der Waals surface area contributed by atoms with Crippen molar-refractivity contribution in [2.24, 2.45) is 4.99 Å². The summed E-state index contributed by atoms with van der Waals surface area (Å²) in [6, 6.07) is 4.29. The zero-order valence-electron chi connectivity index (χ0n) is 8.84. The first kappa shape index (κ1) is 12.7. The molecule has 0 radical (unpaired) electrons. The number of hydrogen-bond donors (Lipinski definition) is 3. The Balaban J connectivity index is 2.42. The molecule has 2 rings (SSSR count). The monoisotopic (exact) mass is 289 g/mol. The highest BCUT2D eigenvalue weighted by molar-refractivity contribution is 7.90. The lowest BCUT2D eigenvalue weighted by atomic mass is 10.3. The van der Waals surface area contributed by atoms with Crippen molar-refractivity contribution in [3.8, 4) is 0 Å². The fraction of sp³-hybridized carbons (Fsp3) is 0.111. The molecule has 1 heterocycles. The van der Waals surface area contributed by atoms with Crippen molar-refractivity contribution in [3.63, 3.8) is 0 Å². The Morgan fingerprint density at radius 1 is 1.44 bits per heavy atom. The highest BCUT2D eigenvalue weighted by Crippen LogP contribution is 2.27. The van der Waals surface area contributed by atoms with Gasteiger partial charge in [0.1, 0.15) is 11.4 Å². The second kappa shape index (κ2) is 4.46. The molecule has 0 unspecified atom stereocenters. The maximum atomic E-state index is 11.8. The van der Waals surface area contributed by atoms with E-state index in [-0.39, 0.29) is 15.9 Å².